The summed E-state index contributed by atoms with van der Waals surface area (Å²) in [7, 11) is 1.63. The lowest BCUT2D eigenvalue weighted by Gasteiger charge is -2.14. The Hall–Kier alpha value is -1.65. The summed E-state index contributed by atoms with van der Waals surface area (Å²) in [5, 5.41) is 3.32. The fraction of sp³-hybridized carbons (Fsp3) is 0.235. The predicted octanol–water partition coefficient (Wildman–Crippen LogP) is 4.78. The molecule has 2 rings (SSSR count). The Kier molecular flexibility index (Phi) is 5.75. The molecule has 0 bridgehead atoms. The van der Waals surface area contributed by atoms with Gasteiger partial charge in [0.15, 0.2) is 0 Å². The van der Waals surface area contributed by atoms with Crippen LogP contribution in [0.1, 0.15) is 12.5 Å². The van der Waals surface area contributed by atoms with Gasteiger partial charge in [0.05, 0.1) is 12.4 Å². The van der Waals surface area contributed by atoms with Crippen LogP contribution in [-0.4, -0.2) is 18.3 Å². The van der Waals surface area contributed by atoms with Crippen molar-refractivity contribution in [1.29, 1.82) is 0 Å². The number of amides is 1. The minimum absolute atomic E-state index is 0.0498. The van der Waals surface area contributed by atoms with E-state index in [1.165, 1.54) is 11.8 Å². The topological polar surface area (TPSA) is 38.3 Å². The van der Waals surface area contributed by atoms with E-state index in [4.69, 9.17) is 16.3 Å². The van der Waals surface area contributed by atoms with E-state index in [1.54, 1.807) is 13.2 Å². The number of nitrogens with one attached hydrogen (secondary N) is 1. The minimum Gasteiger partial charge on any atom is -0.497 e. The molecule has 5 heteroatoms. The van der Waals surface area contributed by atoms with Crippen LogP contribution in [0, 0.1) is 6.92 Å². The first kappa shape index (κ1) is 16.7. The first-order valence-corrected chi connectivity index (χ1v) is 8.13. The number of ether oxygens (including phenoxy) is 1. The van der Waals surface area contributed by atoms with Crippen molar-refractivity contribution < 1.29 is 9.53 Å². The van der Waals surface area contributed by atoms with Crippen LogP contribution in [0.2, 0.25) is 5.02 Å². The molecule has 0 aromatic heterocycles. The number of carbonyl (C=O) groups excluding carboxylic acids is 1. The third kappa shape index (κ3) is 4.42. The summed E-state index contributed by atoms with van der Waals surface area (Å²) in [6.07, 6.45) is 0. The lowest BCUT2D eigenvalue weighted by Crippen LogP contribution is -2.22. The molecule has 0 aliphatic heterocycles. The van der Waals surface area contributed by atoms with E-state index in [2.05, 4.69) is 5.32 Å². The van der Waals surface area contributed by atoms with Gasteiger partial charge < -0.3 is 10.1 Å². The van der Waals surface area contributed by atoms with Gasteiger partial charge in [-0.15, -0.1) is 11.8 Å². The quantitative estimate of drug-likeness (QED) is 0.799. The van der Waals surface area contributed by atoms with Crippen molar-refractivity contribution in [2.24, 2.45) is 0 Å². The van der Waals surface area contributed by atoms with Gasteiger partial charge in [-0.3, -0.25) is 4.79 Å². The molecule has 0 saturated carbocycles. The summed E-state index contributed by atoms with van der Waals surface area (Å²) in [6, 6.07) is 13.1. The summed E-state index contributed by atoms with van der Waals surface area (Å²) in [4.78, 5) is 13.3. The molecule has 3 nitrogen and oxygen atoms in total. The van der Waals surface area contributed by atoms with Crippen LogP contribution in [0.3, 0.4) is 0 Å². The second-order valence-corrected chi connectivity index (χ2v) is 6.73. The molecule has 0 spiro atoms. The zero-order chi connectivity index (χ0) is 16.1. The number of benzene rings is 2. The third-order valence-corrected chi connectivity index (χ3v) is 4.55. The van der Waals surface area contributed by atoms with Crippen molar-refractivity contribution >= 4 is 35.0 Å². The molecule has 0 radical (unpaired) electrons. The number of halogens is 1. The van der Waals surface area contributed by atoms with Crippen molar-refractivity contribution in [3.05, 3.63) is 53.1 Å². The van der Waals surface area contributed by atoms with E-state index < -0.39 is 0 Å². The van der Waals surface area contributed by atoms with Gasteiger partial charge in [-0.2, -0.15) is 0 Å². The molecular formula is C17H18ClNO2S. The van der Waals surface area contributed by atoms with Gasteiger partial charge in [-0.05, 0) is 55.8 Å². The van der Waals surface area contributed by atoms with Gasteiger partial charge >= 0.3 is 0 Å². The number of aryl methyl sites for hydroxylation is 1. The number of anilines is 1. The minimum atomic E-state index is -0.216. The van der Waals surface area contributed by atoms with E-state index in [0.29, 0.717) is 5.02 Å². The summed E-state index contributed by atoms with van der Waals surface area (Å²) in [5.41, 5.74) is 1.74. The fourth-order valence-corrected chi connectivity index (χ4v) is 2.91. The zero-order valence-corrected chi connectivity index (χ0v) is 14.3. The molecule has 0 fully saturated rings. The molecule has 22 heavy (non-hydrogen) atoms. The molecule has 0 heterocycles. The van der Waals surface area contributed by atoms with E-state index in [1.807, 2.05) is 50.2 Å². The Morgan fingerprint density at radius 2 is 1.91 bits per heavy atom. The van der Waals surface area contributed by atoms with Gasteiger partial charge in [0.1, 0.15) is 5.75 Å². The van der Waals surface area contributed by atoms with E-state index in [0.717, 1.165) is 21.9 Å². The number of hydrogen-bond donors (Lipinski definition) is 1. The van der Waals surface area contributed by atoms with Crippen molar-refractivity contribution in [3.63, 3.8) is 0 Å². The summed E-state index contributed by atoms with van der Waals surface area (Å²) in [5.74, 6) is 0.752. The van der Waals surface area contributed by atoms with Crippen LogP contribution < -0.4 is 10.1 Å². The molecule has 0 aliphatic rings. The van der Waals surface area contributed by atoms with Crippen LogP contribution in [0.15, 0.2) is 47.4 Å². The highest BCUT2D eigenvalue weighted by Crippen LogP contribution is 2.27. The van der Waals surface area contributed by atoms with Gasteiger partial charge in [0, 0.05) is 15.6 Å². The molecule has 1 atom stereocenters. The highest BCUT2D eigenvalue weighted by atomic mass is 35.5. The number of carbonyl (C=O) groups is 1. The van der Waals surface area contributed by atoms with Crippen LogP contribution in [0.5, 0.6) is 5.75 Å². The second-order valence-electron chi connectivity index (χ2n) is 4.88. The maximum atomic E-state index is 12.3. The smallest absolute Gasteiger partial charge is 0.237 e. The predicted molar refractivity (Wildman–Crippen MR) is 93.1 cm³/mol. The molecule has 2 aromatic rings. The maximum Gasteiger partial charge on any atom is 0.237 e. The Labute approximate surface area is 140 Å². The van der Waals surface area contributed by atoms with E-state index in [-0.39, 0.29) is 11.2 Å². The highest BCUT2D eigenvalue weighted by Gasteiger charge is 2.15. The van der Waals surface area contributed by atoms with Crippen LogP contribution in [0.25, 0.3) is 0 Å². The first-order chi connectivity index (χ1) is 10.5. The van der Waals surface area contributed by atoms with Crippen molar-refractivity contribution in [2.45, 2.75) is 24.0 Å². The van der Waals surface area contributed by atoms with Crippen molar-refractivity contribution in [2.75, 3.05) is 12.4 Å². The van der Waals surface area contributed by atoms with E-state index >= 15 is 0 Å². The van der Waals surface area contributed by atoms with Crippen molar-refractivity contribution in [3.8, 4) is 5.75 Å². The average Bonchev–Trinajstić information content (AvgIpc) is 2.51. The molecule has 0 unspecified atom stereocenters. The zero-order valence-electron chi connectivity index (χ0n) is 12.7. The molecule has 1 N–H and O–H groups in total. The molecule has 116 valence electrons. The van der Waals surface area contributed by atoms with Crippen molar-refractivity contribution in [1.82, 2.24) is 0 Å². The summed E-state index contributed by atoms with van der Waals surface area (Å²) >= 11 is 7.47. The maximum absolute atomic E-state index is 12.3. The average molecular weight is 336 g/mol. The van der Waals surface area contributed by atoms with Crippen LogP contribution in [-0.2, 0) is 4.79 Å². The summed E-state index contributed by atoms with van der Waals surface area (Å²) in [6.45, 7) is 3.82. The first-order valence-electron chi connectivity index (χ1n) is 6.87. The second kappa shape index (κ2) is 7.56. The van der Waals surface area contributed by atoms with Crippen LogP contribution in [0.4, 0.5) is 5.69 Å². The Bertz CT molecular complexity index is 658. The SMILES string of the molecule is COc1ccc(S[C@@H](C)C(=O)Nc2cc(Cl)ccc2C)cc1. The van der Waals surface area contributed by atoms with Gasteiger partial charge in [0.25, 0.3) is 0 Å². The fourth-order valence-electron chi connectivity index (χ4n) is 1.88. The van der Waals surface area contributed by atoms with Crippen LogP contribution >= 0.6 is 23.4 Å². The van der Waals surface area contributed by atoms with Gasteiger partial charge in [-0.1, -0.05) is 17.7 Å². The molecule has 2 aromatic carbocycles. The normalized spacial score (nSPS) is 11.8. The monoisotopic (exact) mass is 335 g/mol. The number of rotatable bonds is 5. The number of methoxy groups -OCH3 is 1. The van der Waals surface area contributed by atoms with Gasteiger partial charge in [0.2, 0.25) is 5.91 Å². The number of thioether (sulfide) groups is 1. The standard InChI is InChI=1S/C17H18ClNO2S/c1-11-4-5-13(18)10-16(11)19-17(20)12(2)22-15-8-6-14(21-3)7-9-15/h4-10,12H,1-3H3,(H,19,20)/t12-/m0/s1. The number of hydrogen-bond acceptors (Lipinski definition) is 3. The Morgan fingerprint density at radius 1 is 1.23 bits per heavy atom. The third-order valence-electron chi connectivity index (χ3n) is 3.20. The summed E-state index contributed by atoms with van der Waals surface area (Å²) < 4.78 is 5.12. The largest absolute Gasteiger partial charge is 0.497 e. The highest BCUT2D eigenvalue weighted by molar-refractivity contribution is 8.00. The molecular weight excluding hydrogens is 318 g/mol. The van der Waals surface area contributed by atoms with Gasteiger partial charge in [-0.25, -0.2) is 0 Å². The van der Waals surface area contributed by atoms with E-state index in [9.17, 15) is 4.79 Å². The lowest BCUT2D eigenvalue weighted by atomic mass is 10.2. The Balaban J connectivity index is 2.00. The molecule has 0 aliphatic carbocycles. The Morgan fingerprint density at radius 3 is 2.55 bits per heavy atom. The molecule has 0 saturated heterocycles. The molecule has 1 amide bonds. The lowest BCUT2D eigenvalue weighted by molar-refractivity contribution is -0.115.